The van der Waals surface area contributed by atoms with Crippen LogP contribution in [0.2, 0.25) is 10.0 Å². The zero-order valence-electron chi connectivity index (χ0n) is 13.4. The minimum absolute atomic E-state index is 0.0413. The van der Waals surface area contributed by atoms with Gasteiger partial charge >= 0.3 is 0 Å². The normalized spacial score (nSPS) is 15.7. The standard InChI is InChI=1S/C19H16Cl2N2O2/c20-14-9-13(10-15(21)11-14)19(24)23-7-5-12(6-8-23)18-22-16-3-1-2-4-17(16)25-18/h1-4,9-12H,5-8H2. The molecule has 3 aromatic rings. The molecule has 1 aliphatic heterocycles. The Hall–Kier alpha value is -2.04. The van der Waals surface area contributed by atoms with Crippen LogP contribution in [0.1, 0.15) is 35.0 Å². The Labute approximate surface area is 155 Å². The summed E-state index contributed by atoms with van der Waals surface area (Å²) in [6.07, 6.45) is 1.65. The fourth-order valence-corrected chi connectivity index (χ4v) is 3.78. The molecule has 0 N–H and O–H groups in total. The number of aromatic nitrogens is 1. The second kappa shape index (κ2) is 6.70. The molecule has 4 rings (SSSR count). The minimum Gasteiger partial charge on any atom is -0.440 e. The number of rotatable bonds is 2. The van der Waals surface area contributed by atoms with Gasteiger partial charge in [-0.2, -0.15) is 0 Å². The summed E-state index contributed by atoms with van der Waals surface area (Å²) in [4.78, 5) is 19.1. The molecule has 6 heteroatoms. The van der Waals surface area contributed by atoms with E-state index in [1.807, 2.05) is 29.2 Å². The van der Waals surface area contributed by atoms with Gasteiger partial charge in [0.15, 0.2) is 11.5 Å². The van der Waals surface area contributed by atoms with Gasteiger partial charge in [0.2, 0.25) is 0 Å². The average molecular weight is 375 g/mol. The molecule has 2 heterocycles. The second-order valence-electron chi connectivity index (χ2n) is 6.24. The Morgan fingerprint density at radius 1 is 1.08 bits per heavy atom. The van der Waals surface area contributed by atoms with Crippen LogP contribution in [0.25, 0.3) is 11.1 Å². The van der Waals surface area contributed by atoms with Crippen molar-refractivity contribution in [3.8, 4) is 0 Å². The van der Waals surface area contributed by atoms with E-state index in [4.69, 9.17) is 27.6 Å². The van der Waals surface area contributed by atoms with Gasteiger partial charge < -0.3 is 9.32 Å². The molecule has 1 saturated heterocycles. The van der Waals surface area contributed by atoms with Crippen molar-refractivity contribution in [3.63, 3.8) is 0 Å². The third-order valence-corrected chi connectivity index (χ3v) is 4.99. The lowest BCUT2D eigenvalue weighted by Gasteiger charge is -2.30. The first-order valence-corrected chi connectivity index (χ1v) is 8.96. The van der Waals surface area contributed by atoms with Crippen molar-refractivity contribution < 1.29 is 9.21 Å². The number of para-hydroxylation sites is 2. The first-order chi connectivity index (χ1) is 12.1. The maximum atomic E-state index is 12.7. The number of hydrogen-bond acceptors (Lipinski definition) is 3. The van der Waals surface area contributed by atoms with Crippen LogP contribution in [0.3, 0.4) is 0 Å². The van der Waals surface area contributed by atoms with E-state index in [1.165, 1.54) is 0 Å². The van der Waals surface area contributed by atoms with Crippen LogP contribution in [-0.4, -0.2) is 28.9 Å². The monoisotopic (exact) mass is 374 g/mol. The first kappa shape index (κ1) is 16.4. The molecule has 25 heavy (non-hydrogen) atoms. The largest absolute Gasteiger partial charge is 0.440 e. The summed E-state index contributed by atoms with van der Waals surface area (Å²) >= 11 is 12.0. The number of oxazole rings is 1. The van der Waals surface area contributed by atoms with Crippen LogP contribution >= 0.6 is 23.2 Å². The quantitative estimate of drug-likeness (QED) is 0.622. The van der Waals surface area contributed by atoms with Gasteiger partial charge in [-0.05, 0) is 43.2 Å². The highest BCUT2D eigenvalue weighted by Crippen LogP contribution is 2.31. The van der Waals surface area contributed by atoms with E-state index < -0.39 is 0 Å². The van der Waals surface area contributed by atoms with Crippen molar-refractivity contribution in [2.45, 2.75) is 18.8 Å². The summed E-state index contributed by atoms with van der Waals surface area (Å²) in [6.45, 7) is 1.32. The number of benzene rings is 2. The number of hydrogen-bond donors (Lipinski definition) is 0. The molecule has 128 valence electrons. The van der Waals surface area contributed by atoms with Gasteiger partial charge in [-0.3, -0.25) is 4.79 Å². The third-order valence-electron chi connectivity index (χ3n) is 4.55. The topological polar surface area (TPSA) is 46.3 Å². The lowest BCUT2D eigenvalue weighted by Crippen LogP contribution is -2.38. The van der Waals surface area contributed by atoms with Gasteiger partial charge in [-0.1, -0.05) is 35.3 Å². The van der Waals surface area contributed by atoms with Crippen LogP contribution in [0, 0.1) is 0 Å². The van der Waals surface area contributed by atoms with Crippen LogP contribution < -0.4 is 0 Å². The summed E-state index contributed by atoms with van der Waals surface area (Å²) in [6, 6.07) is 12.7. The van der Waals surface area contributed by atoms with Gasteiger partial charge in [0.1, 0.15) is 5.52 Å². The summed E-state index contributed by atoms with van der Waals surface area (Å²) in [5.41, 5.74) is 2.21. The van der Waals surface area contributed by atoms with Crippen molar-refractivity contribution in [3.05, 3.63) is 64.0 Å². The molecule has 0 bridgehead atoms. The maximum absolute atomic E-state index is 12.7. The van der Waals surface area contributed by atoms with E-state index in [2.05, 4.69) is 4.98 Å². The fourth-order valence-electron chi connectivity index (χ4n) is 3.25. The zero-order valence-corrected chi connectivity index (χ0v) is 14.9. The Morgan fingerprint density at radius 2 is 1.76 bits per heavy atom. The van der Waals surface area contributed by atoms with Crippen LogP contribution in [0.5, 0.6) is 0 Å². The zero-order chi connectivity index (χ0) is 17.4. The molecular weight excluding hydrogens is 359 g/mol. The van der Waals surface area contributed by atoms with Gasteiger partial charge in [0.05, 0.1) is 0 Å². The van der Waals surface area contributed by atoms with E-state index in [-0.39, 0.29) is 11.8 Å². The van der Waals surface area contributed by atoms with Crippen LogP contribution in [0.4, 0.5) is 0 Å². The van der Waals surface area contributed by atoms with E-state index >= 15 is 0 Å². The highest BCUT2D eigenvalue weighted by molar-refractivity contribution is 6.35. The first-order valence-electron chi connectivity index (χ1n) is 8.21. The predicted molar refractivity (Wildman–Crippen MR) is 98.3 cm³/mol. The Kier molecular flexibility index (Phi) is 4.40. The lowest BCUT2D eigenvalue weighted by molar-refractivity contribution is 0.0706. The van der Waals surface area contributed by atoms with Gasteiger partial charge in [0.25, 0.3) is 5.91 Å². The van der Waals surface area contributed by atoms with Crippen LogP contribution in [0.15, 0.2) is 46.9 Å². The fraction of sp³-hybridized carbons (Fsp3) is 0.263. The molecule has 0 spiro atoms. The number of halogens is 2. The molecular formula is C19H16Cl2N2O2. The number of amides is 1. The third kappa shape index (κ3) is 3.37. The molecule has 4 nitrogen and oxygen atoms in total. The number of carbonyl (C=O) groups is 1. The molecule has 1 aromatic heterocycles. The molecule has 2 aromatic carbocycles. The second-order valence-corrected chi connectivity index (χ2v) is 7.12. The maximum Gasteiger partial charge on any atom is 0.253 e. The molecule has 1 fully saturated rings. The SMILES string of the molecule is O=C(c1cc(Cl)cc(Cl)c1)N1CCC(c2nc3ccccc3o2)CC1. The smallest absolute Gasteiger partial charge is 0.253 e. The minimum atomic E-state index is -0.0413. The van der Waals surface area contributed by atoms with Crippen molar-refractivity contribution in [2.24, 2.45) is 0 Å². The average Bonchev–Trinajstić information content (AvgIpc) is 3.04. The molecule has 0 unspecified atom stereocenters. The van der Waals surface area contributed by atoms with Crippen molar-refractivity contribution in [1.82, 2.24) is 9.88 Å². The lowest BCUT2D eigenvalue weighted by atomic mass is 9.96. The Bertz CT molecular complexity index is 877. The number of carbonyl (C=O) groups excluding carboxylic acids is 1. The van der Waals surface area contributed by atoms with Gasteiger partial charge in [0, 0.05) is 34.6 Å². The van der Waals surface area contributed by atoms with E-state index in [0.717, 1.165) is 29.8 Å². The molecule has 1 aliphatic rings. The van der Waals surface area contributed by atoms with Gasteiger partial charge in [-0.15, -0.1) is 0 Å². The van der Waals surface area contributed by atoms with E-state index in [0.29, 0.717) is 28.7 Å². The van der Waals surface area contributed by atoms with Crippen LogP contribution in [-0.2, 0) is 0 Å². The van der Waals surface area contributed by atoms with E-state index in [1.54, 1.807) is 18.2 Å². The van der Waals surface area contributed by atoms with E-state index in [9.17, 15) is 4.79 Å². The highest BCUT2D eigenvalue weighted by atomic mass is 35.5. The number of fused-ring (bicyclic) bond motifs is 1. The predicted octanol–water partition coefficient (Wildman–Crippen LogP) is 5.15. The molecule has 0 radical (unpaired) electrons. The van der Waals surface area contributed by atoms with Crippen molar-refractivity contribution >= 4 is 40.2 Å². The molecule has 1 amide bonds. The number of likely N-dealkylation sites (tertiary alicyclic amines) is 1. The molecule has 0 atom stereocenters. The van der Waals surface area contributed by atoms with Crippen molar-refractivity contribution in [2.75, 3.05) is 13.1 Å². The number of nitrogens with zero attached hydrogens (tertiary/aromatic N) is 2. The highest BCUT2D eigenvalue weighted by Gasteiger charge is 2.27. The molecule has 0 aliphatic carbocycles. The summed E-state index contributed by atoms with van der Waals surface area (Å²) < 4.78 is 5.87. The summed E-state index contributed by atoms with van der Waals surface area (Å²) in [5, 5.41) is 0.939. The summed E-state index contributed by atoms with van der Waals surface area (Å²) in [7, 11) is 0. The van der Waals surface area contributed by atoms with Gasteiger partial charge in [-0.25, -0.2) is 4.98 Å². The Morgan fingerprint density at radius 3 is 2.44 bits per heavy atom. The molecule has 0 saturated carbocycles. The Balaban J connectivity index is 1.46. The van der Waals surface area contributed by atoms with Crippen molar-refractivity contribution in [1.29, 1.82) is 0 Å². The number of piperidine rings is 1. The summed E-state index contributed by atoms with van der Waals surface area (Å²) in [5.74, 6) is 0.957.